The second-order valence-electron chi connectivity index (χ2n) is 5.52. The number of anilines is 1. The zero-order valence-corrected chi connectivity index (χ0v) is 11.8. The van der Waals surface area contributed by atoms with Crippen LogP contribution in [-0.4, -0.2) is 12.6 Å². The van der Waals surface area contributed by atoms with Crippen LogP contribution >= 0.6 is 0 Å². The van der Waals surface area contributed by atoms with Crippen LogP contribution in [0.5, 0.6) is 5.75 Å². The Labute approximate surface area is 111 Å². The highest BCUT2D eigenvalue weighted by Gasteiger charge is 2.18. The lowest BCUT2D eigenvalue weighted by Gasteiger charge is -2.29. The molecule has 2 unspecified atom stereocenters. The number of benzene rings is 1. The van der Waals surface area contributed by atoms with E-state index in [2.05, 4.69) is 37.4 Å². The van der Waals surface area contributed by atoms with Crippen LogP contribution < -0.4 is 10.1 Å². The average molecular weight is 247 g/mol. The van der Waals surface area contributed by atoms with Crippen molar-refractivity contribution < 1.29 is 4.74 Å². The maximum absolute atomic E-state index is 5.52. The van der Waals surface area contributed by atoms with Gasteiger partial charge in [0.1, 0.15) is 5.75 Å². The zero-order valence-electron chi connectivity index (χ0n) is 11.8. The summed E-state index contributed by atoms with van der Waals surface area (Å²) in [5, 5.41) is 3.69. The molecular weight excluding hydrogens is 222 g/mol. The van der Waals surface area contributed by atoms with Crippen molar-refractivity contribution in [3.8, 4) is 5.75 Å². The zero-order chi connectivity index (χ0) is 13.0. The van der Waals surface area contributed by atoms with Crippen LogP contribution in [0.1, 0.15) is 45.1 Å². The molecule has 1 aliphatic rings. The van der Waals surface area contributed by atoms with Gasteiger partial charge in [0.2, 0.25) is 0 Å². The number of hydrogen-bond acceptors (Lipinski definition) is 2. The van der Waals surface area contributed by atoms with Crippen LogP contribution in [0.15, 0.2) is 18.2 Å². The molecule has 0 saturated heterocycles. The SMILES string of the molecule is CCOc1ccc(NC2CCCC(C)C2)c(C)c1. The molecule has 2 rings (SSSR count). The van der Waals surface area contributed by atoms with Crippen molar-refractivity contribution >= 4 is 5.69 Å². The Morgan fingerprint density at radius 3 is 2.83 bits per heavy atom. The summed E-state index contributed by atoms with van der Waals surface area (Å²) in [5.74, 6) is 1.83. The quantitative estimate of drug-likeness (QED) is 0.852. The largest absolute Gasteiger partial charge is 0.494 e. The van der Waals surface area contributed by atoms with E-state index in [1.807, 2.05) is 6.92 Å². The molecule has 2 nitrogen and oxygen atoms in total. The summed E-state index contributed by atoms with van der Waals surface area (Å²) in [7, 11) is 0. The van der Waals surface area contributed by atoms with Crippen molar-refractivity contribution in [2.24, 2.45) is 5.92 Å². The van der Waals surface area contributed by atoms with Crippen molar-refractivity contribution in [1.82, 2.24) is 0 Å². The molecule has 0 amide bonds. The Balaban J connectivity index is 2.00. The summed E-state index contributed by atoms with van der Waals surface area (Å²) in [5.41, 5.74) is 2.54. The molecule has 18 heavy (non-hydrogen) atoms. The van der Waals surface area contributed by atoms with Crippen LogP contribution in [0.2, 0.25) is 0 Å². The fraction of sp³-hybridized carbons (Fsp3) is 0.625. The highest BCUT2D eigenvalue weighted by atomic mass is 16.5. The van der Waals surface area contributed by atoms with Gasteiger partial charge in [0.05, 0.1) is 6.61 Å². The summed E-state index contributed by atoms with van der Waals surface area (Å²) in [6.45, 7) is 7.26. The topological polar surface area (TPSA) is 21.3 Å². The van der Waals surface area contributed by atoms with E-state index in [0.29, 0.717) is 6.04 Å². The Kier molecular flexibility index (Phi) is 4.51. The number of ether oxygens (including phenoxy) is 1. The molecule has 0 aliphatic heterocycles. The molecule has 2 heteroatoms. The molecule has 0 spiro atoms. The Hall–Kier alpha value is -1.18. The van der Waals surface area contributed by atoms with Crippen LogP contribution in [0.3, 0.4) is 0 Å². The van der Waals surface area contributed by atoms with Gasteiger partial charge in [-0.3, -0.25) is 0 Å². The molecule has 0 heterocycles. The first-order valence-electron chi connectivity index (χ1n) is 7.19. The van der Waals surface area contributed by atoms with Gasteiger partial charge in [-0.25, -0.2) is 0 Å². The van der Waals surface area contributed by atoms with Gasteiger partial charge >= 0.3 is 0 Å². The minimum absolute atomic E-state index is 0.644. The van der Waals surface area contributed by atoms with Gasteiger partial charge in [-0.1, -0.05) is 19.8 Å². The molecule has 0 radical (unpaired) electrons. The standard InChI is InChI=1S/C16H25NO/c1-4-18-15-8-9-16(13(3)11-15)17-14-7-5-6-12(2)10-14/h8-9,11-12,14,17H,4-7,10H2,1-3H3. The van der Waals surface area contributed by atoms with E-state index in [9.17, 15) is 0 Å². The summed E-state index contributed by atoms with van der Waals surface area (Å²) in [6, 6.07) is 6.98. The first-order chi connectivity index (χ1) is 8.69. The molecular formula is C16H25NO. The van der Waals surface area contributed by atoms with Crippen molar-refractivity contribution in [2.45, 2.75) is 52.5 Å². The third-order valence-corrected chi connectivity index (χ3v) is 3.80. The second kappa shape index (κ2) is 6.12. The Bertz CT molecular complexity index is 389. The minimum atomic E-state index is 0.644. The van der Waals surface area contributed by atoms with Gasteiger partial charge in [0, 0.05) is 11.7 Å². The van der Waals surface area contributed by atoms with E-state index in [-0.39, 0.29) is 0 Å². The van der Waals surface area contributed by atoms with Crippen LogP contribution in [-0.2, 0) is 0 Å². The van der Waals surface area contributed by atoms with Gasteiger partial charge in [-0.2, -0.15) is 0 Å². The molecule has 1 aliphatic carbocycles. The third kappa shape index (κ3) is 3.41. The van der Waals surface area contributed by atoms with Crippen molar-refractivity contribution in [3.05, 3.63) is 23.8 Å². The molecule has 100 valence electrons. The fourth-order valence-electron chi connectivity index (χ4n) is 2.84. The Morgan fingerprint density at radius 1 is 1.33 bits per heavy atom. The van der Waals surface area contributed by atoms with E-state index in [0.717, 1.165) is 18.3 Å². The highest BCUT2D eigenvalue weighted by molar-refractivity contribution is 5.54. The molecule has 1 saturated carbocycles. The number of aryl methyl sites for hydroxylation is 1. The van der Waals surface area contributed by atoms with Gasteiger partial charge < -0.3 is 10.1 Å². The second-order valence-corrected chi connectivity index (χ2v) is 5.52. The predicted octanol–water partition coefficient (Wildman–Crippen LogP) is 4.38. The smallest absolute Gasteiger partial charge is 0.119 e. The van der Waals surface area contributed by atoms with Gasteiger partial charge in [-0.15, -0.1) is 0 Å². The lowest BCUT2D eigenvalue weighted by atomic mass is 9.87. The van der Waals surface area contributed by atoms with Gasteiger partial charge in [-0.05, 0) is 56.4 Å². The fourth-order valence-corrected chi connectivity index (χ4v) is 2.84. The molecule has 2 atom stereocenters. The van der Waals surface area contributed by atoms with E-state index in [1.54, 1.807) is 0 Å². The molecule has 1 fully saturated rings. The van der Waals surface area contributed by atoms with Crippen molar-refractivity contribution in [2.75, 3.05) is 11.9 Å². The predicted molar refractivity (Wildman–Crippen MR) is 77.4 cm³/mol. The molecule has 1 aromatic carbocycles. The first kappa shape index (κ1) is 13.3. The normalized spacial score (nSPS) is 23.7. The summed E-state index contributed by atoms with van der Waals surface area (Å²) < 4.78 is 5.52. The average Bonchev–Trinajstić information content (AvgIpc) is 2.33. The lowest BCUT2D eigenvalue weighted by Crippen LogP contribution is -2.26. The van der Waals surface area contributed by atoms with Crippen molar-refractivity contribution in [3.63, 3.8) is 0 Å². The summed E-state index contributed by atoms with van der Waals surface area (Å²) >= 11 is 0. The number of rotatable bonds is 4. The summed E-state index contributed by atoms with van der Waals surface area (Å²) in [4.78, 5) is 0. The maximum atomic E-state index is 5.52. The van der Waals surface area contributed by atoms with Crippen LogP contribution in [0, 0.1) is 12.8 Å². The molecule has 0 bridgehead atoms. The maximum Gasteiger partial charge on any atom is 0.119 e. The first-order valence-corrected chi connectivity index (χ1v) is 7.19. The van der Waals surface area contributed by atoms with Crippen LogP contribution in [0.4, 0.5) is 5.69 Å². The molecule has 0 aromatic heterocycles. The van der Waals surface area contributed by atoms with Crippen molar-refractivity contribution in [1.29, 1.82) is 0 Å². The molecule has 1 aromatic rings. The van der Waals surface area contributed by atoms with E-state index in [1.165, 1.54) is 36.9 Å². The number of nitrogens with one attached hydrogen (secondary N) is 1. The highest BCUT2D eigenvalue weighted by Crippen LogP contribution is 2.28. The Morgan fingerprint density at radius 2 is 2.17 bits per heavy atom. The van der Waals surface area contributed by atoms with Gasteiger partial charge in [0.15, 0.2) is 0 Å². The third-order valence-electron chi connectivity index (χ3n) is 3.80. The van der Waals surface area contributed by atoms with Crippen LogP contribution in [0.25, 0.3) is 0 Å². The lowest BCUT2D eigenvalue weighted by molar-refractivity contribution is 0.340. The summed E-state index contributed by atoms with van der Waals surface area (Å²) in [6.07, 6.45) is 5.35. The van der Waals surface area contributed by atoms with Gasteiger partial charge in [0.25, 0.3) is 0 Å². The van der Waals surface area contributed by atoms with E-state index < -0.39 is 0 Å². The minimum Gasteiger partial charge on any atom is -0.494 e. The monoisotopic (exact) mass is 247 g/mol. The number of hydrogen-bond donors (Lipinski definition) is 1. The van der Waals surface area contributed by atoms with E-state index in [4.69, 9.17) is 4.74 Å². The molecule has 1 N–H and O–H groups in total. The van der Waals surface area contributed by atoms with E-state index >= 15 is 0 Å².